The molecule has 1 saturated carbocycles. The summed E-state index contributed by atoms with van der Waals surface area (Å²) in [7, 11) is -1.50. The highest BCUT2D eigenvalue weighted by atomic mass is 32.2. The first-order valence-electron chi connectivity index (χ1n) is 6.58. The lowest BCUT2D eigenvalue weighted by Crippen LogP contribution is -2.41. The molecule has 0 saturated heterocycles. The molecule has 1 unspecified atom stereocenters. The van der Waals surface area contributed by atoms with Crippen LogP contribution in [0.15, 0.2) is 23.2 Å². The Labute approximate surface area is 119 Å². The van der Waals surface area contributed by atoms with E-state index in [0.717, 1.165) is 0 Å². The first-order valence-corrected chi connectivity index (χ1v) is 8.06. The van der Waals surface area contributed by atoms with Crippen LogP contribution in [0.3, 0.4) is 0 Å². The average Bonchev–Trinajstić information content (AvgIpc) is 3.28. The molecule has 0 aromatic carbocycles. The quantitative estimate of drug-likeness (QED) is 0.489. The fourth-order valence-corrected chi connectivity index (χ4v) is 2.99. The van der Waals surface area contributed by atoms with Crippen molar-refractivity contribution in [3.8, 4) is 0 Å². The number of nitrogens with zero attached hydrogens (tertiary/aromatic N) is 2. The van der Waals surface area contributed by atoms with Crippen LogP contribution in [0.4, 0.5) is 5.82 Å². The molecule has 112 valence electrons. The van der Waals surface area contributed by atoms with Gasteiger partial charge in [-0.15, -0.1) is 0 Å². The van der Waals surface area contributed by atoms with E-state index in [1.165, 1.54) is 31.2 Å². The number of likely N-dealkylation sites (N-methyl/N-ethyl adjacent to an activating group) is 1. The monoisotopic (exact) mass is 299 g/mol. The SMILES string of the molecule is CC(CNS(=O)(=O)c1ccc(NN)nc1)N(C)C1CC1. The van der Waals surface area contributed by atoms with Crippen molar-refractivity contribution in [2.45, 2.75) is 36.7 Å². The Morgan fingerprint density at radius 1 is 1.50 bits per heavy atom. The zero-order valence-corrected chi connectivity index (χ0v) is 12.5. The molecule has 0 amide bonds. The van der Waals surface area contributed by atoms with Crippen LogP contribution in [0.2, 0.25) is 0 Å². The first kappa shape index (κ1) is 15.2. The maximum Gasteiger partial charge on any atom is 0.242 e. The Morgan fingerprint density at radius 3 is 2.70 bits per heavy atom. The van der Waals surface area contributed by atoms with Crippen molar-refractivity contribution in [1.82, 2.24) is 14.6 Å². The zero-order valence-electron chi connectivity index (χ0n) is 11.7. The molecule has 20 heavy (non-hydrogen) atoms. The lowest BCUT2D eigenvalue weighted by atomic mass is 10.3. The Bertz CT molecular complexity index is 541. The standard InChI is InChI=1S/C12H21N5O2S/c1-9(17(2)10-3-4-10)7-15-20(18,19)11-5-6-12(16-13)14-8-11/h5-6,8-10,15H,3-4,7,13H2,1-2H3,(H,14,16). The van der Waals surface area contributed by atoms with Crippen LogP contribution in [0.25, 0.3) is 0 Å². The van der Waals surface area contributed by atoms with Crippen LogP contribution in [0, 0.1) is 0 Å². The number of pyridine rings is 1. The molecule has 0 radical (unpaired) electrons. The molecule has 2 rings (SSSR count). The van der Waals surface area contributed by atoms with Gasteiger partial charge in [-0.05, 0) is 38.9 Å². The second-order valence-corrected chi connectivity index (χ2v) is 6.89. The zero-order chi connectivity index (χ0) is 14.8. The number of rotatable bonds is 7. The van der Waals surface area contributed by atoms with E-state index in [0.29, 0.717) is 18.4 Å². The third kappa shape index (κ3) is 3.66. The minimum absolute atomic E-state index is 0.137. The van der Waals surface area contributed by atoms with E-state index in [1.54, 1.807) is 0 Å². The number of nitrogen functional groups attached to an aromatic ring is 1. The van der Waals surface area contributed by atoms with E-state index < -0.39 is 10.0 Å². The summed E-state index contributed by atoms with van der Waals surface area (Å²) in [5, 5.41) is 0. The van der Waals surface area contributed by atoms with E-state index in [4.69, 9.17) is 5.84 Å². The van der Waals surface area contributed by atoms with Gasteiger partial charge in [0.2, 0.25) is 10.0 Å². The van der Waals surface area contributed by atoms with E-state index in [-0.39, 0.29) is 10.9 Å². The number of nitrogens with one attached hydrogen (secondary N) is 2. The highest BCUT2D eigenvalue weighted by Crippen LogP contribution is 2.26. The minimum atomic E-state index is -3.53. The molecule has 1 aliphatic rings. The average molecular weight is 299 g/mol. The number of nitrogens with two attached hydrogens (primary N) is 1. The lowest BCUT2D eigenvalue weighted by Gasteiger charge is -2.24. The smallest absolute Gasteiger partial charge is 0.242 e. The lowest BCUT2D eigenvalue weighted by molar-refractivity contribution is 0.248. The molecule has 8 heteroatoms. The van der Waals surface area contributed by atoms with E-state index in [2.05, 4.69) is 20.0 Å². The van der Waals surface area contributed by atoms with E-state index >= 15 is 0 Å². The van der Waals surface area contributed by atoms with Crippen LogP contribution < -0.4 is 16.0 Å². The van der Waals surface area contributed by atoms with Crippen LogP contribution >= 0.6 is 0 Å². The molecule has 0 aliphatic heterocycles. The number of hydrogen-bond acceptors (Lipinski definition) is 6. The highest BCUT2D eigenvalue weighted by molar-refractivity contribution is 7.89. The molecule has 7 nitrogen and oxygen atoms in total. The summed E-state index contributed by atoms with van der Waals surface area (Å²) in [6.45, 7) is 2.40. The second kappa shape index (κ2) is 6.04. The van der Waals surface area contributed by atoms with Gasteiger partial charge in [0.15, 0.2) is 0 Å². The summed E-state index contributed by atoms with van der Waals surface area (Å²) in [4.78, 5) is 6.25. The predicted molar refractivity (Wildman–Crippen MR) is 77.5 cm³/mol. The molecule has 1 atom stereocenters. The van der Waals surface area contributed by atoms with Crippen molar-refractivity contribution in [2.24, 2.45) is 5.84 Å². The minimum Gasteiger partial charge on any atom is -0.308 e. The molecule has 1 aromatic heterocycles. The van der Waals surface area contributed by atoms with Gasteiger partial charge in [0.05, 0.1) is 0 Å². The van der Waals surface area contributed by atoms with Gasteiger partial charge >= 0.3 is 0 Å². The summed E-state index contributed by atoms with van der Waals surface area (Å²) >= 11 is 0. The molecule has 0 bridgehead atoms. The number of hydrazine groups is 1. The summed E-state index contributed by atoms with van der Waals surface area (Å²) in [6, 6.07) is 3.76. The Morgan fingerprint density at radius 2 is 2.20 bits per heavy atom. The number of aromatic nitrogens is 1. The largest absolute Gasteiger partial charge is 0.308 e. The van der Waals surface area contributed by atoms with Gasteiger partial charge < -0.3 is 5.43 Å². The van der Waals surface area contributed by atoms with Crippen LogP contribution in [-0.2, 0) is 10.0 Å². The van der Waals surface area contributed by atoms with Gasteiger partial charge in [-0.1, -0.05) is 0 Å². The Kier molecular flexibility index (Phi) is 4.59. The van der Waals surface area contributed by atoms with Gasteiger partial charge in [0, 0.05) is 24.8 Å². The van der Waals surface area contributed by atoms with Crippen molar-refractivity contribution in [3.63, 3.8) is 0 Å². The third-order valence-corrected chi connectivity index (χ3v) is 4.99. The maximum atomic E-state index is 12.1. The van der Waals surface area contributed by atoms with E-state index in [1.807, 2.05) is 14.0 Å². The molecule has 0 spiro atoms. The Balaban J connectivity index is 1.95. The van der Waals surface area contributed by atoms with Gasteiger partial charge in [-0.2, -0.15) is 0 Å². The van der Waals surface area contributed by atoms with Crippen molar-refractivity contribution < 1.29 is 8.42 Å². The normalized spacial score (nSPS) is 17.2. The van der Waals surface area contributed by atoms with Crippen LogP contribution in [0.1, 0.15) is 19.8 Å². The van der Waals surface area contributed by atoms with Crippen LogP contribution in [-0.4, -0.2) is 44.0 Å². The number of anilines is 1. The molecular weight excluding hydrogens is 278 g/mol. The molecule has 1 fully saturated rings. The fourth-order valence-electron chi connectivity index (χ4n) is 1.92. The van der Waals surface area contributed by atoms with Crippen molar-refractivity contribution in [2.75, 3.05) is 19.0 Å². The van der Waals surface area contributed by atoms with Crippen molar-refractivity contribution >= 4 is 15.8 Å². The van der Waals surface area contributed by atoms with Gasteiger partial charge in [-0.25, -0.2) is 24.0 Å². The molecule has 1 aromatic rings. The second-order valence-electron chi connectivity index (χ2n) is 5.12. The summed E-state index contributed by atoms with van der Waals surface area (Å²) in [5.41, 5.74) is 2.36. The number of hydrogen-bond donors (Lipinski definition) is 3. The predicted octanol–water partition coefficient (Wildman–Crippen LogP) is 0.128. The number of sulfonamides is 1. The first-order chi connectivity index (χ1) is 9.44. The molecule has 4 N–H and O–H groups in total. The van der Waals surface area contributed by atoms with Crippen molar-refractivity contribution in [3.05, 3.63) is 18.3 Å². The van der Waals surface area contributed by atoms with Crippen LogP contribution in [0.5, 0.6) is 0 Å². The topological polar surface area (TPSA) is 100 Å². The summed E-state index contributed by atoms with van der Waals surface area (Å²) in [5.74, 6) is 5.61. The van der Waals surface area contributed by atoms with Gasteiger partial charge in [0.1, 0.15) is 10.7 Å². The summed E-state index contributed by atoms with van der Waals surface area (Å²) < 4.78 is 26.9. The van der Waals surface area contributed by atoms with Gasteiger partial charge in [0.25, 0.3) is 0 Å². The highest BCUT2D eigenvalue weighted by Gasteiger charge is 2.29. The molecule has 1 heterocycles. The van der Waals surface area contributed by atoms with Gasteiger partial charge in [-0.3, -0.25) is 4.90 Å². The maximum absolute atomic E-state index is 12.1. The molecular formula is C12H21N5O2S. The Hall–Kier alpha value is -1.22. The third-order valence-electron chi connectivity index (χ3n) is 3.58. The molecule has 1 aliphatic carbocycles. The van der Waals surface area contributed by atoms with Crippen molar-refractivity contribution in [1.29, 1.82) is 0 Å². The van der Waals surface area contributed by atoms with E-state index in [9.17, 15) is 8.42 Å². The summed E-state index contributed by atoms with van der Waals surface area (Å²) in [6.07, 6.45) is 3.68. The fraction of sp³-hybridized carbons (Fsp3) is 0.583.